The largest absolute Gasteiger partial charge is 0.487 e. The number of nitrogens with zero attached hydrogens (tertiary/aromatic N) is 6. The average Bonchev–Trinajstić information content (AvgIpc) is 3.81. The lowest BCUT2D eigenvalue weighted by Gasteiger charge is -2.41. The number of alkyl halides is 2. The fraction of sp³-hybridized carbons (Fsp3) is 0.634. The monoisotopic (exact) mass is 718 g/mol. The van der Waals surface area contributed by atoms with Crippen LogP contribution in [0.4, 0.5) is 26.2 Å². The molecule has 9 rings (SSSR count). The van der Waals surface area contributed by atoms with E-state index in [9.17, 15) is 8.78 Å². The Balaban J connectivity index is 0.000000121. The first kappa shape index (κ1) is 36.5. The fourth-order valence-corrected chi connectivity index (χ4v) is 8.75. The summed E-state index contributed by atoms with van der Waals surface area (Å²) in [4.78, 5) is 19.9. The second-order valence-corrected chi connectivity index (χ2v) is 16.9. The van der Waals surface area contributed by atoms with E-state index >= 15 is 0 Å². The number of fused-ring (bicyclic) bond motifs is 9. The second-order valence-electron chi connectivity index (χ2n) is 16.9. The molecule has 0 unspecified atom stereocenters. The predicted octanol–water partition coefficient (Wildman–Crippen LogP) is 8.72. The molecule has 3 saturated heterocycles. The Hall–Kier alpha value is -3.89. The summed E-state index contributed by atoms with van der Waals surface area (Å²) < 4.78 is 44.7. The van der Waals surface area contributed by atoms with E-state index in [1.807, 2.05) is 18.5 Å². The van der Waals surface area contributed by atoms with E-state index in [1.165, 1.54) is 36.8 Å². The zero-order valence-corrected chi connectivity index (χ0v) is 32.2. The van der Waals surface area contributed by atoms with Crippen molar-refractivity contribution in [3.63, 3.8) is 0 Å². The summed E-state index contributed by atoms with van der Waals surface area (Å²) >= 11 is 0. The molecule has 3 fully saturated rings. The molecule has 6 aliphatic heterocycles. The topological polar surface area (TPSA) is 76.1 Å². The third-order valence-corrected chi connectivity index (χ3v) is 11.7. The lowest BCUT2D eigenvalue weighted by atomic mass is 9.97. The van der Waals surface area contributed by atoms with Crippen molar-refractivity contribution in [2.24, 2.45) is 0 Å². The van der Waals surface area contributed by atoms with Gasteiger partial charge in [-0.15, -0.1) is 0 Å². The van der Waals surface area contributed by atoms with E-state index in [-0.39, 0.29) is 30.1 Å². The van der Waals surface area contributed by atoms with Crippen LogP contribution >= 0.6 is 0 Å². The molecule has 0 aromatic carbocycles. The Bertz CT molecular complexity index is 1690. The third kappa shape index (κ3) is 6.61. The van der Waals surface area contributed by atoms with Crippen molar-refractivity contribution in [3.8, 4) is 17.2 Å². The maximum absolute atomic E-state index is 13.5. The summed E-state index contributed by atoms with van der Waals surface area (Å²) in [6, 6.07) is 5.82. The molecule has 0 amide bonds. The molecule has 0 spiro atoms. The van der Waals surface area contributed by atoms with E-state index in [0.717, 1.165) is 55.0 Å². The van der Waals surface area contributed by atoms with Crippen molar-refractivity contribution in [2.75, 3.05) is 54.2 Å². The lowest BCUT2D eigenvalue weighted by molar-refractivity contribution is 0.0210. The number of rotatable bonds is 3. The minimum Gasteiger partial charge on any atom is -0.487 e. The highest BCUT2D eigenvalue weighted by Gasteiger charge is 2.49. The SMILES string of the molecule is CC(C)c1ccnc2c1OC[C@@H]1CC(F)(F)CN21.CC(C)c1ccnc2c1OC[C@@]1(C)CCCN21.CC(C)c1ccnc2c1OC[C@]1(C)CCCN21. The molecular weight excluding hydrogens is 662 g/mol. The van der Waals surface area contributed by atoms with Crippen molar-refractivity contribution in [2.45, 2.75) is 128 Å². The number of halogens is 2. The van der Waals surface area contributed by atoms with Gasteiger partial charge in [0.25, 0.3) is 5.92 Å². The zero-order valence-electron chi connectivity index (χ0n) is 32.2. The quantitative estimate of drug-likeness (QED) is 0.264. The highest BCUT2D eigenvalue weighted by atomic mass is 19.3. The number of pyridine rings is 3. The normalized spacial score (nSPS) is 26.0. The molecule has 3 atom stereocenters. The molecular formula is C41H56F2N6O3. The first-order valence-electron chi connectivity index (χ1n) is 19.3. The Morgan fingerprint density at radius 2 is 1.08 bits per heavy atom. The summed E-state index contributed by atoms with van der Waals surface area (Å²) in [5.41, 5.74) is 3.92. The van der Waals surface area contributed by atoms with Gasteiger partial charge < -0.3 is 28.9 Å². The number of hydrogen-bond donors (Lipinski definition) is 0. The lowest BCUT2D eigenvalue weighted by Crippen LogP contribution is -2.49. The molecule has 3 aromatic rings. The van der Waals surface area contributed by atoms with E-state index < -0.39 is 5.92 Å². The molecule has 0 N–H and O–H groups in total. The summed E-state index contributed by atoms with van der Waals surface area (Å²) in [5.74, 6) is 4.04. The maximum Gasteiger partial charge on any atom is 0.267 e. The molecule has 9 nitrogen and oxygen atoms in total. The van der Waals surface area contributed by atoms with Gasteiger partial charge in [0.2, 0.25) is 0 Å². The van der Waals surface area contributed by atoms with Crippen LogP contribution in [0, 0.1) is 0 Å². The van der Waals surface area contributed by atoms with Crippen LogP contribution in [0.2, 0.25) is 0 Å². The van der Waals surface area contributed by atoms with E-state index in [4.69, 9.17) is 14.2 Å². The summed E-state index contributed by atoms with van der Waals surface area (Å²) in [6.07, 6.45) is 10.3. The van der Waals surface area contributed by atoms with Gasteiger partial charge in [0.15, 0.2) is 34.7 Å². The third-order valence-electron chi connectivity index (χ3n) is 11.7. The van der Waals surface area contributed by atoms with Crippen molar-refractivity contribution in [1.82, 2.24) is 15.0 Å². The standard InChI is InChI=1S/2C14H20N2O.C13H16F2N2O/c2*1-10(2)11-5-7-15-13-12(11)17-9-14(3)6-4-8-16(13)14;1-8(2)10-3-4-16-12-11(10)18-6-9-5-13(14,15)7-17(9)12/h2*5,7,10H,4,6,8-9H2,1-3H3;3-4,8-9H,5-7H2,1-2H3/t2*14-;9-/m100/s1. The van der Waals surface area contributed by atoms with Gasteiger partial charge in [0.1, 0.15) is 19.8 Å². The van der Waals surface area contributed by atoms with Gasteiger partial charge in [0, 0.05) is 54.8 Å². The second kappa shape index (κ2) is 13.8. The van der Waals surface area contributed by atoms with Gasteiger partial charge in [0.05, 0.1) is 23.7 Å². The van der Waals surface area contributed by atoms with Gasteiger partial charge in [-0.2, -0.15) is 0 Å². The molecule has 0 bridgehead atoms. The van der Waals surface area contributed by atoms with Crippen LogP contribution in [0.1, 0.15) is 122 Å². The Morgan fingerprint density at radius 1 is 0.654 bits per heavy atom. The minimum atomic E-state index is -2.63. The molecule has 6 aliphatic rings. The smallest absolute Gasteiger partial charge is 0.267 e. The summed E-state index contributed by atoms with van der Waals surface area (Å²) in [5, 5.41) is 0. The predicted molar refractivity (Wildman–Crippen MR) is 202 cm³/mol. The van der Waals surface area contributed by atoms with E-state index in [2.05, 4.69) is 92.3 Å². The molecule has 0 aliphatic carbocycles. The van der Waals surface area contributed by atoms with Crippen molar-refractivity contribution in [1.29, 1.82) is 0 Å². The van der Waals surface area contributed by atoms with Crippen LogP contribution in [0.25, 0.3) is 0 Å². The van der Waals surface area contributed by atoms with Gasteiger partial charge in [-0.3, -0.25) is 0 Å². The van der Waals surface area contributed by atoms with Crippen LogP contribution < -0.4 is 28.9 Å². The molecule has 52 heavy (non-hydrogen) atoms. The Kier molecular flexibility index (Phi) is 9.70. The molecule has 282 valence electrons. The molecule has 0 saturated carbocycles. The highest BCUT2D eigenvalue weighted by Crippen LogP contribution is 2.47. The Morgan fingerprint density at radius 3 is 1.52 bits per heavy atom. The van der Waals surface area contributed by atoms with Gasteiger partial charge >= 0.3 is 0 Å². The van der Waals surface area contributed by atoms with E-state index in [1.54, 1.807) is 11.1 Å². The minimum absolute atomic E-state index is 0.139. The zero-order chi connectivity index (χ0) is 37.0. The average molecular weight is 719 g/mol. The summed E-state index contributed by atoms with van der Waals surface area (Å²) in [6.45, 7) is 21.4. The van der Waals surface area contributed by atoms with Crippen LogP contribution in [-0.4, -0.2) is 77.4 Å². The van der Waals surface area contributed by atoms with Crippen LogP contribution in [0.3, 0.4) is 0 Å². The first-order chi connectivity index (χ1) is 24.7. The van der Waals surface area contributed by atoms with Gasteiger partial charge in [-0.1, -0.05) is 41.5 Å². The van der Waals surface area contributed by atoms with Crippen molar-refractivity contribution >= 4 is 17.5 Å². The molecule has 0 radical (unpaired) electrons. The van der Waals surface area contributed by atoms with Crippen molar-refractivity contribution < 1.29 is 23.0 Å². The first-order valence-corrected chi connectivity index (χ1v) is 19.3. The van der Waals surface area contributed by atoms with E-state index in [0.29, 0.717) is 35.9 Å². The molecule has 11 heteroatoms. The number of aromatic nitrogens is 3. The van der Waals surface area contributed by atoms with Crippen molar-refractivity contribution in [3.05, 3.63) is 53.5 Å². The van der Waals surface area contributed by atoms with Crippen LogP contribution in [0.15, 0.2) is 36.8 Å². The Labute approximate surface area is 308 Å². The van der Waals surface area contributed by atoms with Crippen LogP contribution in [-0.2, 0) is 0 Å². The number of ether oxygens (including phenoxy) is 3. The number of anilines is 3. The molecule has 9 heterocycles. The van der Waals surface area contributed by atoms with Crippen LogP contribution in [0.5, 0.6) is 17.2 Å². The van der Waals surface area contributed by atoms with Gasteiger partial charge in [-0.05, 0) is 75.5 Å². The van der Waals surface area contributed by atoms with Gasteiger partial charge in [-0.25, -0.2) is 23.7 Å². The summed E-state index contributed by atoms with van der Waals surface area (Å²) in [7, 11) is 0. The fourth-order valence-electron chi connectivity index (χ4n) is 8.75. The number of hydrogen-bond acceptors (Lipinski definition) is 9. The molecule has 3 aromatic heterocycles. The highest BCUT2D eigenvalue weighted by molar-refractivity contribution is 5.63. The maximum atomic E-state index is 13.5.